The molecule has 3 aromatic rings. The maximum atomic E-state index is 4.61. The highest BCUT2D eigenvalue weighted by atomic mass is 15.1. The number of fused-ring (bicyclic) bond motifs is 1. The molecule has 1 aromatic heterocycles. The monoisotopic (exact) mass is 304 g/mol. The molecule has 23 heavy (non-hydrogen) atoms. The number of anilines is 3. The van der Waals surface area contributed by atoms with Gasteiger partial charge >= 0.3 is 0 Å². The summed E-state index contributed by atoms with van der Waals surface area (Å²) in [7, 11) is 0. The molecular weight excluding hydrogens is 284 g/mol. The molecule has 2 aromatic carbocycles. The Morgan fingerprint density at radius 2 is 1.78 bits per heavy atom. The van der Waals surface area contributed by atoms with Gasteiger partial charge in [-0.2, -0.15) is 4.98 Å². The lowest BCUT2D eigenvalue weighted by atomic mass is 10.1. The van der Waals surface area contributed by atoms with Crippen molar-refractivity contribution in [2.45, 2.75) is 13.8 Å². The van der Waals surface area contributed by atoms with Crippen LogP contribution in [0.25, 0.3) is 10.9 Å². The molecule has 0 saturated heterocycles. The lowest BCUT2D eigenvalue weighted by molar-refractivity contribution is 1.18. The number of aromatic nitrogens is 2. The van der Waals surface area contributed by atoms with Crippen LogP contribution < -0.4 is 10.6 Å². The van der Waals surface area contributed by atoms with Crippen LogP contribution in [0.1, 0.15) is 11.1 Å². The first-order chi connectivity index (χ1) is 11.2. The summed E-state index contributed by atoms with van der Waals surface area (Å²) >= 11 is 0. The summed E-state index contributed by atoms with van der Waals surface area (Å²) in [6, 6.07) is 14.3. The fraction of sp³-hybridized carbons (Fsp3) is 0.158. The number of benzene rings is 2. The average molecular weight is 304 g/mol. The van der Waals surface area contributed by atoms with E-state index in [0.717, 1.165) is 22.4 Å². The quantitative estimate of drug-likeness (QED) is 0.677. The average Bonchev–Trinajstić information content (AvgIpc) is 2.51. The largest absolute Gasteiger partial charge is 0.366 e. The van der Waals surface area contributed by atoms with Gasteiger partial charge in [0.2, 0.25) is 5.95 Å². The van der Waals surface area contributed by atoms with Crippen molar-refractivity contribution in [1.82, 2.24) is 9.97 Å². The van der Waals surface area contributed by atoms with Gasteiger partial charge in [0.15, 0.2) is 0 Å². The normalized spacial score (nSPS) is 10.5. The highest BCUT2D eigenvalue weighted by Gasteiger charge is 2.07. The maximum Gasteiger partial charge on any atom is 0.229 e. The summed E-state index contributed by atoms with van der Waals surface area (Å²) in [6.45, 7) is 8.56. The van der Waals surface area contributed by atoms with E-state index in [4.69, 9.17) is 0 Å². The second-order valence-electron chi connectivity index (χ2n) is 5.58. The zero-order chi connectivity index (χ0) is 16.2. The van der Waals surface area contributed by atoms with Crippen LogP contribution in [-0.4, -0.2) is 16.5 Å². The minimum absolute atomic E-state index is 0.584. The fourth-order valence-corrected chi connectivity index (χ4v) is 2.61. The zero-order valence-corrected chi connectivity index (χ0v) is 13.4. The number of para-hydroxylation sites is 1. The van der Waals surface area contributed by atoms with Crippen molar-refractivity contribution in [2.24, 2.45) is 0 Å². The molecule has 0 atom stereocenters. The second kappa shape index (κ2) is 6.48. The molecule has 0 aliphatic heterocycles. The van der Waals surface area contributed by atoms with E-state index in [1.807, 2.05) is 30.3 Å². The van der Waals surface area contributed by atoms with E-state index >= 15 is 0 Å². The number of hydrogen-bond acceptors (Lipinski definition) is 4. The van der Waals surface area contributed by atoms with Crippen molar-refractivity contribution < 1.29 is 0 Å². The highest BCUT2D eigenvalue weighted by molar-refractivity contribution is 5.90. The Balaban J connectivity index is 2.01. The molecule has 1 heterocycles. The number of nitrogens with one attached hydrogen (secondary N) is 2. The van der Waals surface area contributed by atoms with Gasteiger partial charge < -0.3 is 10.6 Å². The molecule has 0 amide bonds. The minimum atomic E-state index is 0.584. The van der Waals surface area contributed by atoms with E-state index in [1.54, 1.807) is 0 Å². The van der Waals surface area contributed by atoms with E-state index in [1.165, 1.54) is 11.1 Å². The van der Waals surface area contributed by atoms with Gasteiger partial charge in [-0.25, -0.2) is 4.98 Å². The van der Waals surface area contributed by atoms with Crippen molar-refractivity contribution in [1.29, 1.82) is 0 Å². The molecule has 0 unspecified atom stereocenters. The molecular formula is C19H20N4. The van der Waals surface area contributed by atoms with Crippen LogP contribution in [0.5, 0.6) is 0 Å². The molecule has 0 radical (unpaired) electrons. The van der Waals surface area contributed by atoms with Gasteiger partial charge in [-0.1, -0.05) is 24.3 Å². The first-order valence-corrected chi connectivity index (χ1v) is 7.62. The van der Waals surface area contributed by atoms with E-state index in [0.29, 0.717) is 12.5 Å². The molecule has 0 bridgehead atoms. The van der Waals surface area contributed by atoms with Crippen molar-refractivity contribution >= 4 is 28.4 Å². The highest BCUT2D eigenvalue weighted by Crippen LogP contribution is 2.24. The lowest BCUT2D eigenvalue weighted by Crippen LogP contribution is -2.05. The van der Waals surface area contributed by atoms with E-state index in [-0.39, 0.29) is 0 Å². The number of hydrogen-bond donors (Lipinski definition) is 2. The molecule has 0 aliphatic carbocycles. The standard InChI is InChI=1S/C19H20N4/c1-4-9-20-18-16-7-5-6-8-17(16)22-19(23-18)21-15-11-13(2)10-14(3)12-15/h4-8,10-12H,1,9H2,2-3H3,(H2,20,21,22,23). The fourth-order valence-electron chi connectivity index (χ4n) is 2.61. The summed E-state index contributed by atoms with van der Waals surface area (Å²) in [5.41, 5.74) is 4.31. The Labute approximate surface area is 136 Å². The van der Waals surface area contributed by atoms with Gasteiger partial charge in [0.05, 0.1) is 5.52 Å². The minimum Gasteiger partial charge on any atom is -0.366 e. The third kappa shape index (κ3) is 3.48. The molecule has 0 spiro atoms. The Morgan fingerprint density at radius 1 is 1.04 bits per heavy atom. The number of nitrogens with zero attached hydrogens (tertiary/aromatic N) is 2. The van der Waals surface area contributed by atoms with Crippen molar-refractivity contribution in [2.75, 3.05) is 17.2 Å². The molecule has 4 nitrogen and oxygen atoms in total. The van der Waals surface area contributed by atoms with Crippen LogP contribution in [0.15, 0.2) is 55.1 Å². The van der Waals surface area contributed by atoms with Gasteiger partial charge in [0.25, 0.3) is 0 Å². The van der Waals surface area contributed by atoms with Crippen LogP contribution in [0.2, 0.25) is 0 Å². The Hall–Kier alpha value is -2.88. The first kappa shape index (κ1) is 15.0. The topological polar surface area (TPSA) is 49.8 Å². The van der Waals surface area contributed by atoms with Crippen LogP contribution in [0, 0.1) is 13.8 Å². The zero-order valence-electron chi connectivity index (χ0n) is 13.4. The molecule has 0 aliphatic rings. The summed E-state index contributed by atoms with van der Waals surface area (Å²) in [6.07, 6.45) is 1.81. The van der Waals surface area contributed by atoms with Crippen LogP contribution in [0.3, 0.4) is 0 Å². The summed E-state index contributed by atoms with van der Waals surface area (Å²) in [5.74, 6) is 1.39. The Morgan fingerprint density at radius 3 is 2.52 bits per heavy atom. The predicted molar refractivity (Wildman–Crippen MR) is 97.4 cm³/mol. The molecule has 3 rings (SSSR count). The van der Waals surface area contributed by atoms with Crippen molar-refractivity contribution in [3.63, 3.8) is 0 Å². The van der Waals surface area contributed by atoms with Gasteiger partial charge in [0.1, 0.15) is 5.82 Å². The second-order valence-corrected chi connectivity index (χ2v) is 5.58. The summed E-state index contributed by atoms with van der Waals surface area (Å²) < 4.78 is 0. The van der Waals surface area contributed by atoms with Crippen molar-refractivity contribution in [3.8, 4) is 0 Å². The smallest absolute Gasteiger partial charge is 0.229 e. The Bertz CT molecular complexity index is 835. The van der Waals surface area contributed by atoms with E-state index in [2.05, 4.69) is 59.2 Å². The summed E-state index contributed by atoms with van der Waals surface area (Å²) in [4.78, 5) is 9.22. The summed E-state index contributed by atoms with van der Waals surface area (Å²) in [5, 5.41) is 7.58. The Kier molecular flexibility index (Phi) is 4.24. The van der Waals surface area contributed by atoms with Gasteiger partial charge in [-0.3, -0.25) is 0 Å². The molecule has 0 fully saturated rings. The maximum absolute atomic E-state index is 4.61. The molecule has 4 heteroatoms. The third-order valence-electron chi connectivity index (χ3n) is 3.49. The van der Waals surface area contributed by atoms with Gasteiger partial charge in [-0.15, -0.1) is 6.58 Å². The molecule has 2 N–H and O–H groups in total. The van der Waals surface area contributed by atoms with Gasteiger partial charge in [-0.05, 0) is 49.2 Å². The van der Waals surface area contributed by atoms with Crippen LogP contribution in [-0.2, 0) is 0 Å². The third-order valence-corrected chi connectivity index (χ3v) is 3.49. The van der Waals surface area contributed by atoms with Crippen molar-refractivity contribution in [3.05, 3.63) is 66.2 Å². The molecule has 0 saturated carbocycles. The number of aryl methyl sites for hydroxylation is 2. The predicted octanol–water partition coefficient (Wildman–Crippen LogP) is 4.59. The van der Waals surface area contributed by atoms with Crippen LogP contribution in [0.4, 0.5) is 17.5 Å². The lowest BCUT2D eigenvalue weighted by Gasteiger charge is -2.11. The van der Waals surface area contributed by atoms with Crippen LogP contribution >= 0.6 is 0 Å². The first-order valence-electron chi connectivity index (χ1n) is 7.62. The van der Waals surface area contributed by atoms with E-state index < -0.39 is 0 Å². The molecule has 116 valence electrons. The SMILES string of the molecule is C=CCNc1nc(Nc2cc(C)cc(C)c2)nc2ccccc12. The van der Waals surface area contributed by atoms with Gasteiger partial charge in [0, 0.05) is 17.6 Å². The number of rotatable bonds is 5. The van der Waals surface area contributed by atoms with E-state index in [9.17, 15) is 0 Å².